The number of para-hydroxylation sites is 4. The van der Waals surface area contributed by atoms with E-state index in [0.717, 1.165) is 50.9 Å². The molecule has 0 amide bonds. The number of nitrogens with zero attached hydrogens (tertiary/aromatic N) is 2. The fourth-order valence-corrected chi connectivity index (χ4v) is 7.57. The molecule has 0 bridgehead atoms. The number of benzene rings is 8. The molecule has 51 heavy (non-hydrogen) atoms. The predicted molar refractivity (Wildman–Crippen MR) is 212 cm³/mol. The number of rotatable bonds is 6. The van der Waals surface area contributed by atoms with E-state index in [9.17, 15) is 0 Å². The summed E-state index contributed by atoms with van der Waals surface area (Å²) in [5, 5.41) is 2.42. The van der Waals surface area contributed by atoms with Crippen LogP contribution in [0.3, 0.4) is 0 Å². The lowest BCUT2D eigenvalue weighted by molar-refractivity contribution is 0.478. The minimum absolute atomic E-state index is 0.863. The van der Waals surface area contributed by atoms with Crippen LogP contribution in [0.2, 0.25) is 0 Å². The predicted octanol–water partition coefficient (Wildman–Crippen LogP) is 13.4. The Morgan fingerprint density at radius 3 is 1.71 bits per heavy atom. The van der Waals surface area contributed by atoms with Gasteiger partial charge in [-0.3, -0.25) is 0 Å². The van der Waals surface area contributed by atoms with Gasteiger partial charge >= 0.3 is 0 Å². The number of aromatic nitrogens is 1. The average Bonchev–Trinajstić information content (AvgIpc) is 3.55. The van der Waals surface area contributed by atoms with E-state index in [1.807, 2.05) is 6.07 Å². The fraction of sp³-hybridized carbons (Fsp3) is 0. The number of ether oxygens (including phenoxy) is 1. The van der Waals surface area contributed by atoms with Gasteiger partial charge < -0.3 is 14.2 Å². The number of hydrogen-bond donors (Lipinski definition) is 0. The summed E-state index contributed by atoms with van der Waals surface area (Å²) in [5.41, 5.74) is 13.6. The Morgan fingerprint density at radius 1 is 0.392 bits per heavy atom. The molecule has 1 aliphatic heterocycles. The summed E-state index contributed by atoms with van der Waals surface area (Å²) in [7, 11) is 0. The van der Waals surface area contributed by atoms with Crippen LogP contribution in [0.5, 0.6) is 11.5 Å². The van der Waals surface area contributed by atoms with Crippen molar-refractivity contribution < 1.29 is 4.74 Å². The van der Waals surface area contributed by atoms with Crippen LogP contribution in [0.15, 0.2) is 194 Å². The molecule has 0 N–H and O–H groups in total. The molecule has 8 aromatic carbocycles. The highest BCUT2D eigenvalue weighted by atomic mass is 16.5. The van der Waals surface area contributed by atoms with Crippen molar-refractivity contribution in [3.63, 3.8) is 0 Å². The van der Waals surface area contributed by atoms with E-state index in [4.69, 9.17) is 4.74 Å². The molecule has 10 rings (SSSR count). The molecule has 9 aromatic rings. The Kier molecular flexibility index (Phi) is 6.81. The Hall–Kier alpha value is -6.84. The van der Waals surface area contributed by atoms with Gasteiger partial charge in [-0.05, 0) is 94.5 Å². The SMILES string of the molecule is c1ccc(-c2cccc(-c3ccc(N(c4ccccc4)c4ccc(-c5ccc6c7ccccc7n7c6c5Oc5ccccc5-7)cc4)cc3)c2)cc1. The standard InChI is InChI=1S/C48H32N2O/c1-3-12-33(13-4-1)36-14-11-15-37(32-36)34-22-26-39(27-23-34)49(38-16-5-2-6-17-38)40-28-24-35(25-29-40)41-30-31-43-42-18-7-8-19-44(42)50-45-20-9-10-21-46(45)51-48(41)47(43)50/h1-32H. The molecule has 3 heteroatoms. The summed E-state index contributed by atoms with van der Waals surface area (Å²) in [6.07, 6.45) is 0. The zero-order chi connectivity index (χ0) is 33.7. The van der Waals surface area contributed by atoms with Gasteiger partial charge in [0.25, 0.3) is 0 Å². The molecule has 2 heterocycles. The Morgan fingerprint density at radius 2 is 0.961 bits per heavy atom. The summed E-state index contributed by atoms with van der Waals surface area (Å²) in [6.45, 7) is 0. The molecule has 1 aliphatic rings. The highest BCUT2D eigenvalue weighted by Crippen LogP contribution is 2.49. The third kappa shape index (κ3) is 4.90. The smallest absolute Gasteiger partial charge is 0.160 e. The maximum absolute atomic E-state index is 6.73. The first-order chi connectivity index (χ1) is 25.3. The van der Waals surface area contributed by atoms with Crippen molar-refractivity contribution in [2.24, 2.45) is 0 Å². The Bertz CT molecular complexity index is 2690. The second-order valence-electron chi connectivity index (χ2n) is 13.0. The van der Waals surface area contributed by atoms with E-state index in [2.05, 4.69) is 198 Å². The van der Waals surface area contributed by atoms with Crippen molar-refractivity contribution in [1.82, 2.24) is 4.57 Å². The maximum Gasteiger partial charge on any atom is 0.160 e. The normalized spacial score (nSPS) is 11.7. The summed E-state index contributed by atoms with van der Waals surface area (Å²) in [5.74, 6) is 1.75. The van der Waals surface area contributed by atoms with Crippen molar-refractivity contribution in [1.29, 1.82) is 0 Å². The van der Waals surface area contributed by atoms with Gasteiger partial charge in [-0.1, -0.05) is 127 Å². The Labute approximate surface area is 296 Å². The van der Waals surface area contributed by atoms with Gasteiger partial charge in [-0.2, -0.15) is 0 Å². The number of hydrogen-bond acceptors (Lipinski definition) is 2. The summed E-state index contributed by atoms with van der Waals surface area (Å²) in [4.78, 5) is 2.31. The first-order valence-electron chi connectivity index (χ1n) is 17.4. The summed E-state index contributed by atoms with van der Waals surface area (Å²) in [6, 6.07) is 69.0. The zero-order valence-electron chi connectivity index (χ0n) is 27.8. The number of fused-ring (bicyclic) bond motifs is 5. The number of anilines is 3. The second-order valence-corrected chi connectivity index (χ2v) is 13.0. The third-order valence-corrected chi connectivity index (χ3v) is 9.99. The van der Waals surface area contributed by atoms with E-state index < -0.39 is 0 Å². The molecule has 240 valence electrons. The van der Waals surface area contributed by atoms with Crippen LogP contribution in [0.1, 0.15) is 0 Å². The van der Waals surface area contributed by atoms with E-state index in [1.54, 1.807) is 0 Å². The summed E-state index contributed by atoms with van der Waals surface area (Å²) < 4.78 is 9.09. The average molecular weight is 653 g/mol. The molecule has 0 radical (unpaired) electrons. The van der Waals surface area contributed by atoms with Crippen molar-refractivity contribution in [3.05, 3.63) is 194 Å². The van der Waals surface area contributed by atoms with Crippen molar-refractivity contribution in [2.75, 3.05) is 4.90 Å². The van der Waals surface area contributed by atoms with Crippen LogP contribution >= 0.6 is 0 Å². The lowest BCUT2D eigenvalue weighted by atomic mass is 9.98. The second kappa shape index (κ2) is 11.9. The maximum atomic E-state index is 6.73. The van der Waals surface area contributed by atoms with Crippen LogP contribution in [0.25, 0.3) is 60.9 Å². The fourth-order valence-electron chi connectivity index (χ4n) is 7.57. The summed E-state index contributed by atoms with van der Waals surface area (Å²) >= 11 is 0. The molecule has 0 saturated heterocycles. The van der Waals surface area contributed by atoms with E-state index in [-0.39, 0.29) is 0 Å². The largest absolute Gasteiger partial charge is 0.452 e. The minimum Gasteiger partial charge on any atom is -0.452 e. The highest BCUT2D eigenvalue weighted by Gasteiger charge is 2.26. The molecular formula is C48H32N2O. The van der Waals surface area contributed by atoms with Crippen LogP contribution in [-0.4, -0.2) is 4.57 Å². The van der Waals surface area contributed by atoms with Crippen molar-refractivity contribution in [3.8, 4) is 50.6 Å². The molecule has 0 unspecified atom stereocenters. The van der Waals surface area contributed by atoms with Crippen molar-refractivity contribution >= 4 is 38.9 Å². The Balaban J connectivity index is 1.03. The lowest BCUT2D eigenvalue weighted by Crippen LogP contribution is -2.09. The third-order valence-electron chi connectivity index (χ3n) is 9.99. The van der Waals surface area contributed by atoms with Crippen LogP contribution < -0.4 is 9.64 Å². The van der Waals surface area contributed by atoms with Crippen molar-refractivity contribution in [2.45, 2.75) is 0 Å². The molecule has 0 atom stereocenters. The first-order valence-corrected chi connectivity index (χ1v) is 17.4. The van der Waals surface area contributed by atoms with Gasteiger partial charge in [0.1, 0.15) is 0 Å². The molecular weight excluding hydrogens is 621 g/mol. The zero-order valence-corrected chi connectivity index (χ0v) is 27.8. The topological polar surface area (TPSA) is 17.4 Å². The lowest BCUT2D eigenvalue weighted by Gasteiger charge is -2.26. The van der Waals surface area contributed by atoms with Gasteiger partial charge in [-0.15, -0.1) is 0 Å². The first kappa shape index (κ1) is 29.1. The van der Waals surface area contributed by atoms with E-state index >= 15 is 0 Å². The minimum atomic E-state index is 0.863. The van der Waals surface area contributed by atoms with Crippen LogP contribution in [0.4, 0.5) is 17.1 Å². The van der Waals surface area contributed by atoms with Gasteiger partial charge in [-0.25, -0.2) is 0 Å². The molecule has 0 aliphatic carbocycles. The monoisotopic (exact) mass is 652 g/mol. The highest BCUT2D eigenvalue weighted by molar-refractivity contribution is 6.14. The molecule has 0 fully saturated rings. The molecule has 0 spiro atoms. The molecule has 1 aromatic heterocycles. The van der Waals surface area contributed by atoms with E-state index in [1.165, 1.54) is 38.5 Å². The van der Waals surface area contributed by atoms with Crippen LogP contribution in [-0.2, 0) is 0 Å². The molecule has 0 saturated carbocycles. The van der Waals surface area contributed by atoms with E-state index in [0.29, 0.717) is 0 Å². The molecule has 3 nitrogen and oxygen atoms in total. The van der Waals surface area contributed by atoms with Gasteiger partial charge in [0, 0.05) is 33.4 Å². The van der Waals surface area contributed by atoms with Gasteiger partial charge in [0.15, 0.2) is 11.5 Å². The van der Waals surface area contributed by atoms with Gasteiger partial charge in [0.2, 0.25) is 0 Å². The van der Waals surface area contributed by atoms with Gasteiger partial charge in [0.05, 0.1) is 16.7 Å². The quantitative estimate of drug-likeness (QED) is 0.178. The van der Waals surface area contributed by atoms with Crippen LogP contribution in [0, 0.1) is 0 Å².